The molecular formula is C13H10F2N4. The average molecular weight is 260 g/mol. The third-order valence-electron chi connectivity index (χ3n) is 2.83. The first-order valence-corrected chi connectivity index (χ1v) is 5.68. The lowest BCUT2D eigenvalue weighted by Gasteiger charge is -2.10. The summed E-state index contributed by atoms with van der Waals surface area (Å²) in [4.78, 5) is 15.2. The number of alkyl halides is 2. The molecule has 0 bridgehead atoms. The van der Waals surface area contributed by atoms with E-state index in [0.717, 1.165) is 12.5 Å². The molecule has 4 nitrogen and oxygen atoms in total. The van der Waals surface area contributed by atoms with Crippen LogP contribution in [-0.2, 0) is 5.92 Å². The Hall–Kier alpha value is -2.37. The molecule has 6 heteroatoms. The summed E-state index contributed by atoms with van der Waals surface area (Å²) in [6.07, 6.45) is 3.03. The van der Waals surface area contributed by atoms with Crippen LogP contribution in [0.3, 0.4) is 0 Å². The lowest BCUT2D eigenvalue weighted by Crippen LogP contribution is -2.06. The Morgan fingerprint density at radius 3 is 2.53 bits per heavy atom. The molecule has 96 valence electrons. The van der Waals surface area contributed by atoms with Gasteiger partial charge in [0.25, 0.3) is 5.92 Å². The number of hydrogen-bond donors (Lipinski definition) is 1. The van der Waals surface area contributed by atoms with Crippen LogP contribution in [0, 0.1) is 0 Å². The molecule has 0 fully saturated rings. The fraction of sp³-hybridized carbons (Fsp3) is 0.154. The van der Waals surface area contributed by atoms with E-state index in [1.165, 1.54) is 18.5 Å². The molecule has 0 radical (unpaired) electrons. The topological polar surface area (TPSA) is 54.5 Å². The Morgan fingerprint density at radius 2 is 1.89 bits per heavy atom. The summed E-state index contributed by atoms with van der Waals surface area (Å²) in [5, 5.41) is 0. The average Bonchev–Trinajstić information content (AvgIpc) is 2.81. The van der Waals surface area contributed by atoms with E-state index in [1.54, 1.807) is 18.3 Å². The molecule has 3 rings (SSSR count). The molecule has 0 aliphatic heterocycles. The number of halogens is 2. The largest absolute Gasteiger partial charge is 0.335 e. The van der Waals surface area contributed by atoms with Gasteiger partial charge in [-0.2, -0.15) is 0 Å². The Labute approximate surface area is 107 Å². The van der Waals surface area contributed by atoms with Crippen molar-refractivity contribution in [1.29, 1.82) is 0 Å². The third-order valence-corrected chi connectivity index (χ3v) is 2.83. The SMILES string of the molecule is CC(F)(F)c1ccc(-c2nc3ncncc3[nH]2)cc1. The van der Waals surface area contributed by atoms with E-state index >= 15 is 0 Å². The summed E-state index contributed by atoms with van der Waals surface area (Å²) in [6.45, 7) is 0.874. The molecule has 3 aromatic rings. The maximum absolute atomic E-state index is 13.1. The number of H-pyrrole nitrogens is 1. The minimum atomic E-state index is -2.84. The Morgan fingerprint density at radius 1 is 1.16 bits per heavy atom. The quantitative estimate of drug-likeness (QED) is 0.770. The van der Waals surface area contributed by atoms with Gasteiger partial charge in [0.1, 0.15) is 17.7 Å². The second-order valence-electron chi connectivity index (χ2n) is 4.31. The molecule has 0 aliphatic carbocycles. The van der Waals surface area contributed by atoms with Gasteiger partial charge in [-0.1, -0.05) is 24.3 Å². The highest BCUT2D eigenvalue weighted by molar-refractivity contribution is 5.74. The molecule has 19 heavy (non-hydrogen) atoms. The van der Waals surface area contributed by atoms with Gasteiger partial charge in [0.05, 0.1) is 6.20 Å². The van der Waals surface area contributed by atoms with Crippen molar-refractivity contribution in [2.75, 3.05) is 0 Å². The van der Waals surface area contributed by atoms with Crippen molar-refractivity contribution in [2.24, 2.45) is 0 Å². The number of imidazole rings is 1. The number of nitrogens with one attached hydrogen (secondary N) is 1. The molecule has 0 atom stereocenters. The molecule has 0 saturated carbocycles. The van der Waals surface area contributed by atoms with Crippen LogP contribution < -0.4 is 0 Å². The summed E-state index contributed by atoms with van der Waals surface area (Å²) in [7, 11) is 0. The molecule has 0 unspecified atom stereocenters. The van der Waals surface area contributed by atoms with E-state index in [-0.39, 0.29) is 5.56 Å². The highest BCUT2D eigenvalue weighted by Gasteiger charge is 2.23. The van der Waals surface area contributed by atoms with Crippen molar-refractivity contribution in [3.63, 3.8) is 0 Å². The molecule has 2 aromatic heterocycles. The fourth-order valence-corrected chi connectivity index (χ4v) is 1.82. The first kappa shape index (κ1) is 11.7. The van der Waals surface area contributed by atoms with Crippen molar-refractivity contribution >= 4 is 11.2 Å². The number of fused-ring (bicyclic) bond motifs is 1. The lowest BCUT2D eigenvalue weighted by atomic mass is 10.1. The zero-order valence-corrected chi connectivity index (χ0v) is 10.1. The number of aromatic nitrogens is 4. The van der Waals surface area contributed by atoms with Crippen LogP contribution in [0.15, 0.2) is 36.8 Å². The van der Waals surface area contributed by atoms with Gasteiger partial charge in [-0.05, 0) is 0 Å². The van der Waals surface area contributed by atoms with Crippen LogP contribution in [-0.4, -0.2) is 19.9 Å². The van der Waals surface area contributed by atoms with E-state index in [4.69, 9.17) is 0 Å². The van der Waals surface area contributed by atoms with Crippen LogP contribution in [0.5, 0.6) is 0 Å². The zero-order valence-electron chi connectivity index (χ0n) is 10.1. The van der Waals surface area contributed by atoms with E-state index < -0.39 is 5.92 Å². The summed E-state index contributed by atoms with van der Waals surface area (Å²) >= 11 is 0. The van der Waals surface area contributed by atoms with Crippen molar-refractivity contribution in [2.45, 2.75) is 12.8 Å². The van der Waals surface area contributed by atoms with Gasteiger partial charge in [0, 0.05) is 18.1 Å². The second kappa shape index (κ2) is 4.08. The number of aromatic amines is 1. The molecule has 0 spiro atoms. The van der Waals surface area contributed by atoms with Crippen molar-refractivity contribution < 1.29 is 8.78 Å². The van der Waals surface area contributed by atoms with Crippen molar-refractivity contribution in [3.8, 4) is 11.4 Å². The zero-order chi connectivity index (χ0) is 13.5. The molecule has 1 N–H and O–H groups in total. The molecule has 2 heterocycles. The molecule has 0 aliphatic rings. The minimum absolute atomic E-state index is 0.0212. The molecular weight excluding hydrogens is 250 g/mol. The Balaban J connectivity index is 2.02. The van der Waals surface area contributed by atoms with Gasteiger partial charge in [-0.15, -0.1) is 0 Å². The first-order chi connectivity index (χ1) is 9.04. The van der Waals surface area contributed by atoms with E-state index in [2.05, 4.69) is 19.9 Å². The van der Waals surface area contributed by atoms with Gasteiger partial charge in [-0.3, -0.25) is 0 Å². The number of benzene rings is 1. The molecule has 0 amide bonds. The highest BCUT2D eigenvalue weighted by Crippen LogP contribution is 2.28. The highest BCUT2D eigenvalue weighted by atomic mass is 19.3. The van der Waals surface area contributed by atoms with Crippen LogP contribution in [0.1, 0.15) is 12.5 Å². The van der Waals surface area contributed by atoms with Gasteiger partial charge in [0.2, 0.25) is 0 Å². The third kappa shape index (κ3) is 2.16. The number of hydrogen-bond acceptors (Lipinski definition) is 3. The predicted octanol–water partition coefficient (Wildman–Crippen LogP) is 3.13. The van der Waals surface area contributed by atoms with E-state index in [1.807, 2.05) is 0 Å². The maximum Gasteiger partial charge on any atom is 0.270 e. The second-order valence-corrected chi connectivity index (χ2v) is 4.31. The standard InChI is InChI=1S/C13H10F2N4/c1-13(14,15)9-4-2-8(3-5-9)11-18-10-6-16-7-17-12(10)19-11/h2-7H,1H3,(H,16,17,18,19). The van der Waals surface area contributed by atoms with Crippen LogP contribution in [0.25, 0.3) is 22.6 Å². The van der Waals surface area contributed by atoms with Gasteiger partial charge < -0.3 is 4.98 Å². The van der Waals surface area contributed by atoms with Gasteiger partial charge >= 0.3 is 0 Å². The molecule has 0 saturated heterocycles. The summed E-state index contributed by atoms with van der Waals surface area (Å²) in [6, 6.07) is 6.01. The first-order valence-electron chi connectivity index (χ1n) is 5.68. The summed E-state index contributed by atoms with van der Waals surface area (Å²) in [5.41, 5.74) is 1.97. The Bertz CT molecular complexity index is 680. The number of nitrogens with zero attached hydrogens (tertiary/aromatic N) is 3. The normalized spacial score (nSPS) is 11.9. The Kier molecular flexibility index (Phi) is 2.51. The smallest absolute Gasteiger partial charge is 0.270 e. The fourth-order valence-electron chi connectivity index (χ4n) is 1.82. The van der Waals surface area contributed by atoms with Gasteiger partial charge in [-0.25, -0.2) is 23.7 Å². The van der Waals surface area contributed by atoms with Crippen LogP contribution in [0.4, 0.5) is 8.78 Å². The van der Waals surface area contributed by atoms with E-state index in [0.29, 0.717) is 17.0 Å². The predicted molar refractivity (Wildman–Crippen MR) is 66.7 cm³/mol. The van der Waals surface area contributed by atoms with Crippen molar-refractivity contribution in [3.05, 3.63) is 42.4 Å². The maximum atomic E-state index is 13.1. The lowest BCUT2D eigenvalue weighted by molar-refractivity contribution is 0.0175. The monoisotopic (exact) mass is 260 g/mol. The minimum Gasteiger partial charge on any atom is -0.335 e. The van der Waals surface area contributed by atoms with Crippen LogP contribution in [0.2, 0.25) is 0 Å². The summed E-state index contributed by atoms with van der Waals surface area (Å²) in [5.74, 6) is -2.25. The summed E-state index contributed by atoms with van der Waals surface area (Å²) < 4.78 is 26.2. The van der Waals surface area contributed by atoms with Gasteiger partial charge in [0.15, 0.2) is 5.65 Å². The molecule has 1 aromatic carbocycles. The van der Waals surface area contributed by atoms with E-state index in [9.17, 15) is 8.78 Å². The van der Waals surface area contributed by atoms with Crippen molar-refractivity contribution in [1.82, 2.24) is 19.9 Å². The van der Waals surface area contributed by atoms with Crippen LogP contribution >= 0.6 is 0 Å². The number of rotatable bonds is 2.